The van der Waals surface area contributed by atoms with Crippen molar-refractivity contribution in [3.05, 3.63) is 102 Å². The predicted molar refractivity (Wildman–Crippen MR) is 150 cm³/mol. The van der Waals surface area contributed by atoms with E-state index in [4.69, 9.17) is 0 Å². The normalized spacial score (nSPS) is 12.8. The van der Waals surface area contributed by atoms with E-state index in [2.05, 4.69) is 118 Å². The number of nitrogens with zero attached hydrogens (tertiary/aromatic N) is 1. The quantitative estimate of drug-likeness (QED) is 0.242. The van der Waals surface area contributed by atoms with Gasteiger partial charge in [0.05, 0.1) is 0 Å². The highest BCUT2D eigenvalue weighted by Gasteiger charge is 2.15. The van der Waals surface area contributed by atoms with E-state index in [0.29, 0.717) is 5.92 Å². The Kier molecular flexibility index (Phi) is 4.95. The van der Waals surface area contributed by atoms with Crippen LogP contribution in [0.15, 0.2) is 84.9 Å². The largest absolute Gasteiger partial charge is 0.378 e. The molecule has 0 fully saturated rings. The van der Waals surface area contributed by atoms with E-state index in [0.717, 1.165) is 12.8 Å². The van der Waals surface area contributed by atoms with Crippen LogP contribution in [-0.2, 0) is 12.8 Å². The number of aryl methyl sites for hydroxylation is 1. The van der Waals surface area contributed by atoms with Crippen LogP contribution in [0.2, 0.25) is 0 Å². The van der Waals surface area contributed by atoms with Gasteiger partial charge in [-0.05, 0) is 90.7 Å². The molecular formula is C33H31N. The molecule has 0 heterocycles. The Bertz CT molecular complexity index is 1660. The molecular weight excluding hydrogens is 410 g/mol. The molecule has 6 rings (SSSR count). The van der Waals surface area contributed by atoms with E-state index in [-0.39, 0.29) is 0 Å². The molecule has 0 saturated heterocycles. The van der Waals surface area contributed by atoms with E-state index < -0.39 is 0 Å². The van der Waals surface area contributed by atoms with Crippen molar-refractivity contribution in [1.82, 2.24) is 0 Å². The molecule has 1 nitrogen and oxygen atoms in total. The third-order valence-corrected chi connectivity index (χ3v) is 7.69. The molecule has 0 aliphatic carbocycles. The average Bonchev–Trinajstić information content (AvgIpc) is 2.87. The van der Waals surface area contributed by atoms with Crippen LogP contribution in [0, 0.1) is 0 Å². The standard InChI is InChI=1S/C33H31N/c1-5-22-6-7-23-14-17-31-28(11-8-24-13-16-30(22)32(23)33(24)31)18-21(2)25-9-10-27-20-29(34(3)4)15-12-26(27)19-25/h6-17,19-21H,5,18H2,1-4H3. The lowest BCUT2D eigenvalue weighted by Gasteiger charge is -2.18. The summed E-state index contributed by atoms with van der Waals surface area (Å²) in [6.45, 7) is 4.62. The number of anilines is 1. The van der Waals surface area contributed by atoms with E-state index >= 15 is 0 Å². The van der Waals surface area contributed by atoms with Gasteiger partial charge in [-0.3, -0.25) is 0 Å². The van der Waals surface area contributed by atoms with Crippen LogP contribution in [0.3, 0.4) is 0 Å². The number of hydrogen-bond acceptors (Lipinski definition) is 1. The van der Waals surface area contributed by atoms with Crippen LogP contribution in [0.1, 0.15) is 36.5 Å². The first-order valence-corrected chi connectivity index (χ1v) is 12.4. The molecule has 0 spiro atoms. The summed E-state index contributed by atoms with van der Waals surface area (Å²) in [6.07, 6.45) is 2.10. The monoisotopic (exact) mass is 441 g/mol. The highest BCUT2D eigenvalue weighted by atomic mass is 15.1. The molecule has 0 aliphatic rings. The number of rotatable bonds is 5. The van der Waals surface area contributed by atoms with Gasteiger partial charge >= 0.3 is 0 Å². The average molecular weight is 442 g/mol. The highest BCUT2D eigenvalue weighted by molar-refractivity contribution is 6.24. The van der Waals surface area contributed by atoms with Crippen LogP contribution in [-0.4, -0.2) is 14.1 Å². The Balaban J connectivity index is 1.42. The summed E-state index contributed by atoms with van der Waals surface area (Å²) in [5.74, 6) is 0.447. The van der Waals surface area contributed by atoms with Crippen molar-refractivity contribution >= 4 is 48.8 Å². The maximum atomic E-state index is 2.38. The summed E-state index contributed by atoms with van der Waals surface area (Å²) < 4.78 is 0. The topological polar surface area (TPSA) is 3.24 Å². The summed E-state index contributed by atoms with van der Waals surface area (Å²) in [5.41, 5.74) is 5.53. The first-order chi connectivity index (χ1) is 16.5. The van der Waals surface area contributed by atoms with Crippen molar-refractivity contribution in [3.8, 4) is 0 Å². The van der Waals surface area contributed by atoms with Crippen LogP contribution < -0.4 is 4.90 Å². The van der Waals surface area contributed by atoms with Gasteiger partial charge < -0.3 is 4.90 Å². The predicted octanol–water partition coefficient (Wildman–Crippen LogP) is 8.71. The molecule has 1 heteroatoms. The first-order valence-electron chi connectivity index (χ1n) is 12.4. The molecule has 0 aliphatic heterocycles. The van der Waals surface area contributed by atoms with E-state index in [1.165, 1.54) is 65.5 Å². The fourth-order valence-corrected chi connectivity index (χ4v) is 5.69. The Morgan fingerprint density at radius 2 is 1.18 bits per heavy atom. The molecule has 0 aromatic heterocycles. The molecule has 0 N–H and O–H groups in total. The Labute approximate surface area is 202 Å². The fourth-order valence-electron chi connectivity index (χ4n) is 5.69. The molecule has 1 atom stereocenters. The first kappa shape index (κ1) is 21.0. The molecule has 1 unspecified atom stereocenters. The molecule has 0 radical (unpaired) electrons. The minimum atomic E-state index is 0.447. The van der Waals surface area contributed by atoms with Crippen molar-refractivity contribution in [2.24, 2.45) is 0 Å². The third-order valence-electron chi connectivity index (χ3n) is 7.69. The second-order valence-corrected chi connectivity index (χ2v) is 10.0. The fraction of sp³-hybridized carbons (Fsp3) is 0.212. The van der Waals surface area contributed by atoms with Crippen LogP contribution >= 0.6 is 0 Å². The van der Waals surface area contributed by atoms with Crippen molar-refractivity contribution in [3.63, 3.8) is 0 Å². The van der Waals surface area contributed by atoms with Gasteiger partial charge in [0.2, 0.25) is 0 Å². The van der Waals surface area contributed by atoms with Gasteiger partial charge in [-0.15, -0.1) is 0 Å². The van der Waals surface area contributed by atoms with E-state index in [1.54, 1.807) is 0 Å². The van der Waals surface area contributed by atoms with Crippen molar-refractivity contribution in [2.75, 3.05) is 19.0 Å². The van der Waals surface area contributed by atoms with Crippen LogP contribution in [0.5, 0.6) is 0 Å². The van der Waals surface area contributed by atoms with Gasteiger partial charge in [-0.2, -0.15) is 0 Å². The van der Waals surface area contributed by atoms with Crippen LogP contribution in [0.4, 0.5) is 5.69 Å². The van der Waals surface area contributed by atoms with Crippen LogP contribution in [0.25, 0.3) is 43.1 Å². The molecule has 34 heavy (non-hydrogen) atoms. The number of hydrogen-bond donors (Lipinski definition) is 0. The van der Waals surface area contributed by atoms with Crippen molar-refractivity contribution < 1.29 is 0 Å². The number of benzene rings is 6. The number of fused-ring (bicyclic) bond motifs is 1. The lowest BCUT2D eigenvalue weighted by molar-refractivity contribution is 0.765. The Hall–Kier alpha value is -3.58. The summed E-state index contributed by atoms with van der Waals surface area (Å²) >= 11 is 0. The highest BCUT2D eigenvalue weighted by Crippen LogP contribution is 2.38. The minimum absolute atomic E-state index is 0.447. The summed E-state index contributed by atoms with van der Waals surface area (Å²) in [7, 11) is 4.19. The van der Waals surface area contributed by atoms with Gasteiger partial charge in [0.25, 0.3) is 0 Å². The minimum Gasteiger partial charge on any atom is -0.378 e. The smallest absolute Gasteiger partial charge is 0.0367 e. The molecule has 168 valence electrons. The second kappa shape index (κ2) is 8.02. The Morgan fingerprint density at radius 1 is 0.618 bits per heavy atom. The molecule has 0 bridgehead atoms. The zero-order valence-electron chi connectivity index (χ0n) is 20.5. The molecule has 0 amide bonds. The van der Waals surface area contributed by atoms with Gasteiger partial charge in [0.15, 0.2) is 0 Å². The lowest BCUT2D eigenvalue weighted by Crippen LogP contribution is -2.08. The van der Waals surface area contributed by atoms with E-state index in [1.807, 2.05) is 0 Å². The molecule has 6 aromatic rings. The zero-order valence-corrected chi connectivity index (χ0v) is 20.5. The maximum Gasteiger partial charge on any atom is 0.0367 e. The summed E-state index contributed by atoms with van der Waals surface area (Å²) in [6, 6.07) is 32.3. The van der Waals surface area contributed by atoms with Gasteiger partial charge in [-0.25, -0.2) is 0 Å². The maximum absolute atomic E-state index is 2.38. The van der Waals surface area contributed by atoms with E-state index in [9.17, 15) is 0 Å². The molecule has 0 saturated carbocycles. The lowest BCUT2D eigenvalue weighted by atomic mass is 9.86. The molecule has 6 aromatic carbocycles. The zero-order chi connectivity index (χ0) is 23.4. The summed E-state index contributed by atoms with van der Waals surface area (Å²) in [4.78, 5) is 2.16. The Morgan fingerprint density at radius 3 is 1.85 bits per heavy atom. The van der Waals surface area contributed by atoms with Crippen molar-refractivity contribution in [2.45, 2.75) is 32.6 Å². The third kappa shape index (κ3) is 3.30. The second-order valence-electron chi connectivity index (χ2n) is 10.0. The SMILES string of the molecule is CCc1ccc2ccc3c(CC(C)c4ccc5cc(N(C)C)ccc5c4)ccc4ccc1c2c43. The summed E-state index contributed by atoms with van der Waals surface area (Å²) in [5, 5.41) is 11.0. The van der Waals surface area contributed by atoms with Crippen molar-refractivity contribution in [1.29, 1.82) is 0 Å². The van der Waals surface area contributed by atoms with Gasteiger partial charge in [0.1, 0.15) is 0 Å². The van der Waals surface area contributed by atoms with Gasteiger partial charge in [-0.1, -0.05) is 86.6 Å². The van der Waals surface area contributed by atoms with Gasteiger partial charge in [0, 0.05) is 19.8 Å².